The second-order valence-electron chi connectivity index (χ2n) is 2.81. The Morgan fingerprint density at radius 1 is 1.29 bits per heavy atom. The smallest absolute Gasteiger partial charge is 0.336 e. The lowest BCUT2D eigenvalue weighted by molar-refractivity contribution is 0.0699. The lowest BCUT2D eigenvalue weighted by Gasteiger charge is -2.01. The minimum Gasteiger partial charge on any atom is -0.478 e. The lowest BCUT2D eigenvalue weighted by Crippen LogP contribution is -1.97. The summed E-state index contributed by atoms with van der Waals surface area (Å²) in [6, 6.07) is 8.16. The molecule has 1 aromatic heterocycles. The molecular weight excluding hydrogens is 202 g/mol. The quantitative estimate of drug-likeness (QED) is 0.732. The minimum absolute atomic E-state index is 0.242. The molecule has 1 N–H and O–H groups in total. The molecular formula is C10H6ClNO2. The lowest BCUT2D eigenvalue weighted by atomic mass is 10.1. The Balaban J connectivity index is 2.81. The zero-order valence-electron chi connectivity index (χ0n) is 7.07. The topological polar surface area (TPSA) is 50.2 Å². The van der Waals surface area contributed by atoms with E-state index in [1.165, 1.54) is 0 Å². The van der Waals surface area contributed by atoms with Crippen molar-refractivity contribution in [3.8, 4) is 0 Å². The summed E-state index contributed by atoms with van der Waals surface area (Å²) in [5, 5.41) is 9.85. The minimum atomic E-state index is -0.959. The maximum absolute atomic E-state index is 10.8. The zero-order chi connectivity index (χ0) is 10.1. The number of hydrogen-bond acceptors (Lipinski definition) is 2. The number of hydrogen-bond donors (Lipinski definition) is 1. The molecule has 0 saturated heterocycles. The van der Waals surface area contributed by atoms with E-state index in [1.54, 1.807) is 30.3 Å². The molecule has 0 unspecified atom stereocenters. The number of nitrogens with zero attached hydrogens (tertiary/aromatic N) is 1. The Kier molecular flexibility index (Phi) is 2.09. The first-order chi connectivity index (χ1) is 6.68. The van der Waals surface area contributed by atoms with E-state index in [4.69, 9.17) is 16.7 Å². The highest BCUT2D eigenvalue weighted by Gasteiger charge is 2.08. The Morgan fingerprint density at radius 3 is 2.79 bits per heavy atom. The molecule has 0 aliphatic carbocycles. The Hall–Kier alpha value is -1.61. The second-order valence-corrected chi connectivity index (χ2v) is 3.20. The van der Waals surface area contributed by atoms with Crippen molar-refractivity contribution in [2.24, 2.45) is 0 Å². The molecule has 0 spiro atoms. The van der Waals surface area contributed by atoms with Gasteiger partial charge in [-0.2, -0.15) is 0 Å². The van der Waals surface area contributed by atoms with Gasteiger partial charge in [0.15, 0.2) is 0 Å². The molecule has 0 saturated carbocycles. The number of carbonyl (C=O) groups is 1. The molecule has 3 nitrogen and oxygen atoms in total. The number of aromatic carboxylic acids is 1. The SMILES string of the molecule is O=C(O)c1cccc2nc(Cl)ccc12. The third kappa shape index (κ3) is 1.42. The van der Waals surface area contributed by atoms with Crippen LogP contribution in [0.5, 0.6) is 0 Å². The molecule has 0 radical (unpaired) electrons. The maximum Gasteiger partial charge on any atom is 0.336 e. The van der Waals surface area contributed by atoms with E-state index in [0.29, 0.717) is 16.1 Å². The molecule has 0 aliphatic rings. The molecule has 1 heterocycles. The molecule has 14 heavy (non-hydrogen) atoms. The molecule has 0 amide bonds. The van der Waals surface area contributed by atoms with Gasteiger partial charge in [0.1, 0.15) is 5.15 Å². The van der Waals surface area contributed by atoms with E-state index in [1.807, 2.05) is 0 Å². The number of benzene rings is 1. The highest BCUT2D eigenvalue weighted by atomic mass is 35.5. The van der Waals surface area contributed by atoms with Gasteiger partial charge in [0.25, 0.3) is 0 Å². The fraction of sp³-hybridized carbons (Fsp3) is 0. The molecule has 0 aliphatic heterocycles. The number of aromatic nitrogens is 1. The van der Waals surface area contributed by atoms with Gasteiger partial charge < -0.3 is 5.11 Å². The van der Waals surface area contributed by atoms with Crippen LogP contribution in [-0.4, -0.2) is 16.1 Å². The number of carboxylic acids is 1. The fourth-order valence-corrected chi connectivity index (χ4v) is 1.47. The van der Waals surface area contributed by atoms with Gasteiger partial charge in [-0.15, -0.1) is 0 Å². The maximum atomic E-state index is 10.8. The predicted molar refractivity (Wildman–Crippen MR) is 53.7 cm³/mol. The summed E-state index contributed by atoms with van der Waals surface area (Å²) in [5.74, 6) is -0.959. The van der Waals surface area contributed by atoms with E-state index in [-0.39, 0.29) is 5.56 Å². The van der Waals surface area contributed by atoms with E-state index in [2.05, 4.69) is 4.98 Å². The average molecular weight is 208 g/mol. The number of fused-ring (bicyclic) bond motifs is 1. The summed E-state index contributed by atoms with van der Waals surface area (Å²) in [4.78, 5) is 14.9. The molecule has 2 rings (SSSR count). The summed E-state index contributed by atoms with van der Waals surface area (Å²) in [6.07, 6.45) is 0. The predicted octanol–water partition coefficient (Wildman–Crippen LogP) is 2.59. The van der Waals surface area contributed by atoms with Crippen LogP contribution in [0.4, 0.5) is 0 Å². The van der Waals surface area contributed by atoms with Crippen molar-refractivity contribution < 1.29 is 9.90 Å². The fourth-order valence-electron chi connectivity index (χ4n) is 1.32. The standard InChI is InChI=1S/C10H6ClNO2/c11-9-5-4-6-7(10(13)14)2-1-3-8(6)12-9/h1-5H,(H,13,14). The van der Waals surface area contributed by atoms with Gasteiger partial charge >= 0.3 is 5.97 Å². The number of rotatable bonds is 1. The largest absolute Gasteiger partial charge is 0.478 e. The first-order valence-corrected chi connectivity index (χ1v) is 4.35. The van der Waals surface area contributed by atoms with Crippen LogP contribution in [0, 0.1) is 0 Å². The van der Waals surface area contributed by atoms with Crippen molar-refractivity contribution in [3.63, 3.8) is 0 Å². The van der Waals surface area contributed by atoms with Gasteiger partial charge in [-0.25, -0.2) is 9.78 Å². The van der Waals surface area contributed by atoms with Crippen molar-refractivity contribution in [3.05, 3.63) is 41.0 Å². The molecule has 2 aromatic rings. The molecule has 0 bridgehead atoms. The van der Waals surface area contributed by atoms with E-state index in [9.17, 15) is 4.79 Å². The number of halogens is 1. The van der Waals surface area contributed by atoms with Crippen LogP contribution in [0.3, 0.4) is 0 Å². The average Bonchev–Trinajstić information content (AvgIpc) is 2.16. The number of carboxylic acid groups (broad SMARTS) is 1. The van der Waals surface area contributed by atoms with E-state index < -0.39 is 5.97 Å². The Morgan fingerprint density at radius 2 is 2.07 bits per heavy atom. The second kappa shape index (κ2) is 3.27. The summed E-state index contributed by atoms with van der Waals surface area (Å²) >= 11 is 5.69. The van der Waals surface area contributed by atoms with Gasteiger partial charge in [-0.3, -0.25) is 0 Å². The highest BCUT2D eigenvalue weighted by Crippen LogP contribution is 2.19. The molecule has 1 aromatic carbocycles. The zero-order valence-corrected chi connectivity index (χ0v) is 7.82. The van der Waals surface area contributed by atoms with Crippen LogP contribution < -0.4 is 0 Å². The van der Waals surface area contributed by atoms with E-state index in [0.717, 1.165) is 0 Å². The van der Waals surface area contributed by atoms with Crippen LogP contribution >= 0.6 is 11.6 Å². The summed E-state index contributed by atoms with van der Waals surface area (Å²) < 4.78 is 0. The Labute approximate surface area is 85.0 Å². The monoisotopic (exact) mass is 207 g/mol. The molecule has 70 valence electrons. The van der Waals surface area contributed by atoms with Crippen molar-refractivity contribution >= 4 is 28.5 Å². The molecule has 0 fully saturated rings. The van der Waals surface area contributed by atoms with Gasteiger partial charge in [0, 0.05) is 5.39 Å². The molecule has 4 heteroatoms. The van der Waals surface area contributed by atoms with Crippen LogP contribution in [0.15, 0.2) is 30.3 Å². The van der Waals surface area contributed by atoms with Gasteiger partial charge in [0.2, 0.25) is 0 Å². The third-order valence-electron chi connectivity index (χ3n) is 1.93. The van der Waals surface area contributed by atoms with Gasteiger partial charge in [0.05, 0.1) is 11.1 Å². The van der Waals surface area contributed by atoms with Gasteiger partial charge in [-0.1, -0.05) is 17.7 Å². The Bertz CT molecular complexity index is 510. The van der Waals surface area contributed by atoms with Crippen LogP contribution in [0.2, 0.25) is 5.15 Å². The highest BCUT2D eigenvalue weighted by molar-refractivity contribution is 6.29. The van der Waals surface area contributed by atoms with E-state index >= 15 is 0 Å². The molecule has 0 atom stereocenters. The first-order valence-electron chi connectivity index (χ1n) is 3.97. The third-order valence-corrected chi connectivity index (χ3v) is 2.14. The van der Waals surface area contributed by atoms with Crippen LogP contribution in [0.1, 0.15) is 10.4 Å². The van der Waals surface area contributed by atoms with Gasteiger partial charge in [-0.05, 0) is 24.3 Å². The summed E-state index contributed by atoms with van der Waals surface area (Å²) in [7, 11) is 0. The normalized spacial score (nSPS) is 10.4. The summed E-state index contributed by atoms with van der Waals surface area (Å²) in [5.41, 5.74) is 0.837. The van der Waals surface area contributed by atoms with Crippen LogP contribution in [0.25, 0.3) is 10.9 Å². The van der Waals surface area contributed by atoms with Crippen molar-refractivity contribution in [2.45, 2.75) is 0 Å². The summed E-state index contributed by atoms with van der Waals surface area (Å²) in [6.45, 7) is 0. The van der Waals surface area contributed by atoms with Crippen molar-refractivity contribution in [2.75, 3.05) is 0 Å². The first kappa shape index (κ1) is 8.97. The van der Waals surface area contributed by atoms with Crippen molar-refractivity contribution in [1.29, 1.82) is 0 Å². The van der Waals surface area contributed by atoms with Crippen LogP contribution in [-0.2, 0) is 0 Å². The van der Waals surface area contributed by atoms with Crippen molar-refractivity contribution in [1.82, 2.24) is 4.98 Å². The number of pyridine rings is 1.